The highest BCUT2D eigenvalue weighted by Crippen LogP contribution is 2.26. The highest BCUT2D eigenvalue weighted by atomic mass is 19.1. The minimum atomic E-state index is -0.451. The maximum absolute atomic E-state index is 13.2. The SMILES string of the molecule is Cc1cc(Nc2ccc(-c3cccc(O)c3)cc2)ccc1/C=N/Nc1ncc(F)c(C)n1. The Morgan fingerprint density at radius 2 is 1.72 bits per heavy atom. The molecule has 32 heavy (non-hydrogen) atoms. The Morgan fingerprint density at radius 3 is 2.44 bits per heavy atom. The van der Waals surface area contributed by atoms with Crippen LogP contribution in [0.4, 0.5) is 21.7 Å². The second-order valence-corrected chi connectivity index (χ2v) is 7.32. The molecule has 4 aromatic rings. The van der Waals surface area contributed by atoms with Gasteiger partial charge in [-0.15, -0.1) is 0 Å². The fourth-order valence-electron chi connectivity index (χ4n) is 3.16. The second-order valence-electron chi connectivity index (χ2n) is 7.32. The third-order valence-corrected chi connectivity index (χ3v) is 4.91. The summed E-state index contributed by atoms with van der Waals surface area (Å²) in [6, 6.07) is 21.2. The molecule has 0 radical (unpaired) electrons. The highest BCUT2D eigenvalue weighted by molar-refractivity contribution is 5.83. The van der Waals surface area contributed by atoms with E-state index in [0.29, 0.717) is 0 Å². The lowest BCUT2D eigenvalue weighted by Gasteiger charge is -2.10. The Morgan fingerprint density at radius 1 is 0.938 bits per heavy atom. The molecule has 0 spiro atoms. The Labute approximate surface area is 185 Å². The number of anilines is 3. The second kappa shape index (κ2) is 9.26. The van der Waals surface area contributed by atoms with Crippen molar-refractivity contribution in [3.05, 3.63) is 95.6 Å². The molecule has 0 amide bonds. The van der Waals surface area contributed by atoms with Crippen LogP contribution < -0.4 is 10.7 Å². The van der Waals surface area contributed by atoms with Gasteiger partial charge in [-0.05, 0) is 72.5 Å². The van der Waals surface area contributed by atoms with Crippen LogP contribution in [0.1, 0.15) is 16.8 Å². The topological polar surface area (TPSA) is 82.4 Å². The van der Waals surface area contributed by atoms with Crippen molar-refractivity contribution >= 4 is 23.5 Å². The van der Waals surface area contributed by atoms with Gasteiger partial charge in [0.25, 0.3) is 0 Å². The molecule has 4 rings (SSSR count). The van der Waals surface area contributed by atoms with Crippen molar-refractivity contribution in [3.63, 3.8) is 0 Å². The maximum Gasteiger partial charge on any atom is 0.243 e. The van der Waals surface area contributed by atoms with Crippen molar-refractivity contribution in [1.29, 1.82) is 0 Å². The Balaban J connectivity index is 1.41. The van der Waals surface area contributed by atoms with Crippen molar-refractivity contribution in [3.8, 4) is 16.9 Å². The zero-order valence-electron chi connectivity index (χ0n) is 17.7. The number of phenols is 1. The summed E-state index contributed by atoms with van der Waals surface area (Å²) in [6.07, 6.45) is 2.79. The van der Waals surface area contributed by atoms with E-state index in [2.05, 4.69) is 25.8 Å². The van der Waals surface area contributed by atoms with E-state index in [1.54, 1.807) is 25.3 Å². The van der Waals surface area contributed by atoms with E-state index >= 15 is 0 Å². The number of aromatic nitrogens is 2. The van der Waals surface area contributed by atoms with E-state index in [1.807, 2.05) is 61.5 Å². The van der Waals surface area contributed by atoms with Gasteiger partial charge in [0.15, 0.2) is 5.82 Å². The lowest BCUT2D eigenvalue weighted by molar-refractivity contribution is 0.475. The predicted octanol–water partition coefficient (Wildman–Crippen LogP) is 5.79. The van der Waals surface area contributed by atoms with Crippen molar-refractivity contribution in [1.82, 2.24) is 9.97 Å². The fourth-order valence-corrected chi connectivity index (χ4v) is 3.16. The normalized spacial score (nSPS) is 11.0. The van der Waals surface area contributed by atoms with Crippen molar-refractivity contribution in [2.24, 2.45) is 5.10 Å². The Hall–Kier alpha value is -4.26. The predicted molar refractivity (Wildman–Crippen MR) is 126 cm³/mol. The van der Waals surface area contributed by atoms with Crippen LogP contribution in [0.25, 0.3) is 11.1 Å². The molecule has 0 bridgehead atoms. The van der Waals surface area contributed by atoms with Gasteiger partial charge in [0.1, 0.15) is 5.75 Å². The molecule has 0 saturated heterocycles. The molecule has 160 valence electrons. The van der Waals surface area contributed by atoms with E-state index in [9.17, 15) is 9.50 Å². The number of nitrogens with zero attached hydrogens (tertiary/aromatic N) is 3. The third kappa shape index (κ3) is 5.07. The minimum absolute atomic E-state index is 0.241. The van der Waals surface area contributed by atoms with Gasteiger partial charge in [-0.25, -0.2) is 19.8 Å². The summed E-state index contributed by atoms with van der Waals surface area (Å²) in [7, 11) is 0. The van der Waals surface area contributed by atoms with Gasteiger partial charge in [-0.1, -0.05) is 30.3 Å². The molecule has 0 aliphatic heterocycles. The monoisotopic (exact) mass is 427 g/mol. The van der Waals surface area contributed by atoms with E-state index < -0.39 is 5.82 Å². The molecule has 7 heteroatoms. The van der Waals surface area contributed by atoms with Gasteiger partial charge in [-0.3, -0.25) is 0 Å². The smallest absolute Gasteiger partial charge is 0.243 e. The summed E-state index contributed by atoms with van der Waals surface area (Å²) in [5, 5.41) is 17.2. The zero-order chi connectivity index (χ0) is 22.5. The van der Waals surface area contributed by atoms with E-state index in [-0.39, 0.29) is 17.4 Å². The third-order valence-electron chi connectivity index (χ3n) is 4.91. The van der Waals surface area contributed by atoms with Crippen LogP contribution in [0.3, 0.4) is 0 Å². The molecular weight excluding hydrogens is 405 g/mol. The van der Waals surface area contributed by atoms with Gasteiger partial charge in [0, 0.05) is 11.4 Å². The summed E-state index contributed by atoms with van der Waals surface area (Å²) in [5.41, 5.74) is 8.85. The molecular formula is C25H22FN5O. The summed E-state index contributed by atoms with van der Waals surface area (Å²) in [4.78, 5) is 7.83. The first kappa shape index (κ1) is 21.0. The Bertz CT molecular complexity index is 1270. The number of rotatable bonds is 6. The quantitative estimate of drug-likeness (QED) is 0.268. The average Bonchev–Trinajstić information content (AvgIpc) is 2.78. The molecule has 0 aliphatic carbocycles. The van der Waals surface area contributed by atoms with Gasteiger partial charge < -0.3 is 10.4 Å². The largest absolute Gasteiger partial charge is 0.508 e. The van der Waals surface area contributed by atoms with Crippen LogP contribution in [0, 0.1) is 19.7 Å². The first-order chi connectivity index (χ1) is 15.5. The summed E-state index contributed by atoms with van der Waals surface area (Å²) >= 11 is 0. The van der Waals surface area contributed by atoms with Crippen LogP contribution in [0.5, 0.6) is 5.75 Å². The minimum Gasteiger partial charge on any atom is -0.508 e. The van der Waals surface area contributed by atoms with Crippen molar-refractivity contribution < 1.29 is 9.50 Å². The molecule has 6 nitrogen and oxygen atoms in total. The molecule has 0 unspecified atom stereocenters. The molecule has 3 aromatic carbocycles. The molecule has 0 atom stereocenters. The van der Waals surface area contributed by atoms with Crippen LogP contribution in [0.15, 0.2) is 78.0 Å². The number of halogens is 1. The number of benzene rings is 3. The fraction of sp³-hybridized carbons (Fsp3) is 0.0800. The number of hydrazone groups is 1. The molecule has 1 heterocycles. The average molecular weight is 427 g/mol. The number of aromatic hydroxyl groups is 1. The molecule has 0 aliphatic rings. The van der Waals surface area contributed by atoms with Gasteiger partial charge in [-0.2, -0.15) is 5.10 Å². The summed E-state index contributed by atoms with van der Waals surface area (Å²) in [5.74, 6) is 0.0389. The lowest BCUT2D eigenvalue weighted by atomic mass is 10.0. The molecule has 1 aromatic heterocycles. The van der Waals surface area contributed by atoms with Gasteiger partial charge >= 0.3 is 0 Å². The van der Waals surface area contributed by atoms with Crippen molar-refractivity contribution in [2.75, 3.05) is 10.7 Å². The molecule has 0 saturated carbocycles. The van der Waals surface area contributed by atoms with Gasteiger partial charge in [0.2, 0.25) is 5.95 Å². The van der Waals surface area contributed by atoms with Gasteiger partial charge in [0.05, 0.1) is 18.1 Å². The lowest BCUT2D eigenvalue weighted by Crippen LogP contribution is -2.00. The summed E-state index contributed by atoms with van der Waals surface area (Å²) in [6.45, 7) is 3.57. The van der Waals surface area contributed by atoms with Crippen LogP contribution >= 0.6 is 0 Å². The van der Waals surface area contributed by atoms with E-state index in [0.717, 1.165) is 39.8 Å². The van der Waals surface area contributed by atoms with Crippen LogP contribution in [-0.4, -0.2) is 21.3 Å². The zero-order valence-corrected chi connectivity index (χ0v) is 17.7. The van der Waals surface area contributed by atoms with Crippen LogP contribution in [-0.2, 0) is 0 Å². The van der Waals surface area contributed by atoms with Crippen LogP contribution in [0.2, 0.25) is 0 Å². The molecule has 3 N–H and O–H groups in total. The Kier molecular flexibility index (Phi) is 6.07. The number of aryl methyl sites for hydroxylation is 2. The summed E-state index contributed by atoms with van der Waals surface area (Å²) < 4.78 is 13.2. The first-order valence-electron chi connectivity index (χ1n) is 10.0. The first-order valence-corrected chi connectivity index (χ1v) is 10.0. The number of nitrogens with one attached hydrogen (secondary N) is 2. The standard InChI is InChI=1S/C25H22FN5O/c1-16-12-22(11-8-20(16)14-28-31-25-27-15-24(26)17(2)29-25)30-21-9-6-18(7-10-21)19-4-3-5-23(32)13-19/h3-15,30,32H,1-2H3,(H,27,29,31)/b28-14+. The van der Waals surface area contributed by atoms with E-state index in [1.165, 1.54) is 0 Å². The van der Waals surface area contributed by atoms with Crippen molar-refractivity contribution in [2.45, 2.75) is 13.8 Å². The van der Waals surface area contributed by atoms with E-state index in [4.69, 9.17) is 0 Å². The number of hydrogen-bond acceptors (Lipinski definition) is 6. The highest BCUT2D eigenvalue weighted by Gasteiger charge is 2.03. The number of phenolic OH excluding ortho intramolecular Hbond substituents is 1. The molecule has 0 fully saturated rings. The number of hydrogen-bond donors (Lipinski definition) is 3. The maximum atomic E-state index is 13.2.